The van der Waals surface area contributed by atoms with Crippen molar-refractivity contribution < 1.29 is 26.4 Å². The van der Waals surface area contributed by atoms with Gasteiger partial charge in [-0.15, -0.1) is 0 Å². The second-order valence-corrected chi connectivity index (χ2v) is 13.5. The Bertz CT molecular complexity index is 1630. The molecule has 0 saturated carbocycles. The van der Waals surface area contributed by atoms with Gasteiger partial charge >= 0.3 is 6.18 Å². The van der Waals surface area contributed by atoms with E-state index in [9.17, 15) is 26.4 Å². The van der Waals surface area contributed by atoms with E-state index in [4.69, 9.17) is 0 Å². The topological polar surface area (TPSA) is 99.7 Å². The zero-order chi connectivity index (χ0) is 30.9. The molecule has 3 aromatic carbocycles. The van der Waals surface area contributed by atoms with E-state index in [-0.39, 0.29) is 28.4 Å². The third-order valence-electron chi connectivity index (χ3n) is 6.45. The Kier molecular flexibility index (Phi) is 8.84. The standard InChI is InChI=1S/C31H35F3N4O3S/c1-19(2)12-13-35-26-17-28-27(16-24(26)31(32,33)34)37-29(39)18-25(36-28)22-10-6-8-20(14-22)21-9-7-11-23(15-21)42(40,41)38-30(3,4)5/h6-11,14-17,19,35,38H,12-13,18H2,1-5H3,(H,37,39). The van der Waals surface area contributed by atoms with Crippen molar-refractivity contribution in [3.05, 3.63) is 71.8 Å². The molecule has 42 heavy (non-hydrogen) atoms. The van der Waals surface area contributed by atoms with Crippen LogP contribution in [0.5, 0.6) is 0 Å². The number of aliphatic imine (C=N–C) groups is 1. The number of halogens is 3. The van der Waals surface area contributed by atoms with E-state index in [1.165, 1.54) is 12.1 Å². The van der Waals surface area contributed by atoms with Crippen molar-refractivity contribution in [1.29, 1.82) is 0 Å². The van der Waals surface area contributed by atoms with Gasteiger partial charge in [0.2, 0.25) is 15.9 Å². The number of fused-ring (bicyclic) bond motifs is 1. The van der Waals surface area contributed by atoms with Crippen LogP contribution in [0.25, 0.3) is 11.1 Å². The summed E-state index contributed by atoms with van der Waals surface area (Å²) in [5.74, 6) is -0.188. The highest BCUT2D eigenvalue weighted by Gasteiger charge is 2.35. The maximum atomic E-state index is 13.9. The van der Waals surface area contributed by atoms with E-state index >= 15 is 0 Å². The van der Waals surface area contributed by atoms with Crippen LogP contribution in [0.4, 0.5) is 30.2 Å². The number of hydrogen-bond donors (Lipinski definition) is 3. The molecule has 1 heterocycles. The minimum atomic E-state index is -4.63. The van der Waals surface area contributed by atoms with Crippen LogP contribution in [0.1, 0.15) is 58.6 Å². The number of hydrogen-bond acceptors (Lipinski definition) is 5. The molecule has 0 saturated heterocycles. The first-order chi connectivity index (χ1) is 19.5. The van der Waals surface area contributed by atoms with Crippen LogP contribution < -0.4 is 15.4 Å². The summed E-state index contributed by atoms with van der Waals surface area (Å²) in [6, 6.07) is 15.9. The van der Waals surface area contributed by atoms with Gasteiger partial charge in [-0.2, -0.15) is 13.2 Å². The van der Waals surface area contributed by atoms with Crippen molar-refractivity contribution in [2.24, 2.45) is 10.9 Å². The number of sulfonamides is 1. The molecule has 0 aromatic heterocycles. The maximum Gasteiger partial charge on any atom is 0.418 e. The number of nitrogens with one attached hydrogen (secondary N) is 3. The summed E-state index contributed by atoms with van der Waals surface area (Å²) in [5, 5.41) is 5.46. The van der Waals surface area contributed by atoms with Crippen LogP contribution in [0.2, 0.25) is 0 Å². The zero-order valence-electron chi connectivity index (χ0n) is 24.2. The molecule has 0 radical (unpaired) electrons. The summed E-state index contributed by atoms with van der Waals surface area (Å²) in [7, 11) is -3.77. The predicted octanol–water partition coefficient (Wildman–Crippen LogP) is 7.37. The van der Waals surface area contributed by atoms with Gasteiger partial charge in [0.1, 0.15) is 0 Å². The molecule has 0 bridgehead atoms. The van der Waals surface area contributed by atoms with Gasteiger partial charge in [-0.25, -0.2) is 13.1 Å². The Hall–Kier alpha value is -3.70. The first kappa shape index (κ1) is 31.2. The summed E-state index contributed by atoms with van der Waals surface area (Å²) in [5.41, 5.74) is 0.854. The molecule has 0 atom stereocenters. The molecule has 4 rings (SSSR count). The molecule has 1 amide bonds. The third-order valence-corrected chi connectivity index (χ3v) is 8.21. The van der Waals surface area contributed by atoms with Gasteiger partial charge in [0.05, 0.1) is 34.0 Å². The third kappa shape index (κ3) is 7.77. The normalized spacial score (nSPS) is 14.2. The largest absolute Gasteiger partial charge is 0.418 e. The molecule has 224 valence electrons. The van der Waals surface area contributed by atoms with Crippen molar-refractivity contribution >= 4 is 38.7 Å². The second-order valence-electron chi connectivity index (χ2n) is 11.8. The van der Waals surface area contributed by atoms with Crippen molar-refractivity contribution in [1.82, 2.24) is 4.72 Å². The quantitative estimate of drug-likeness (QED) is 0.251. The Morgan fingerprint density at radius 1 is 0.952 bits per heavy atom. The minimum Gasteiger partial charge on any atom is -0.384 e. The predicted molar refractivity (Wildman–Crippen MR) is 161 cm³/mol. The molecule has 0 spiro atoms. The lowest BCUT2D eigenvalue weighted by Crippen LogP contribution is -2.40. The Balaban J connectivity index is 1.74. The van der Waals surface area contributed by atoms with Gasteiger partial charge in [-0.1, -0.05) is 44.2 Å². The monoisotopic (exact) mass is 600 g/mol. The minimum absolute atomic E-state index is 0.0165. The van der Waals surface area contributed by atoms with Crippen LogP contribution in [0.3, 0.4) is 0 Å². The zero-order valence-corrected chi connectivity index (χ0v) is 25.0. The summed E-state index contributed by atoms with van der Waals surface area (Å²) < 4.78 is 70.2. The Morgan fingerprint density at radius 3 is 2.24 bits per heavy atom. The van der Waals surface area contributed by atoms with Crippen LogP contribution in [0, 0.1) is 5.92 Å². The van der Waals surface area contributed by atoms with E-state index in [2.05, 4.69) is 20.3 Å². The molecule has 0 aliphatic carbocycles. The van der Waals surface area contributed by atoms with E-state index in [0.29, 0.717) is 41.3 Å². The summed E-state index contributed by atoms with van der Waals surface area (Å²) in [4.78, 5) is 17.5. The lowest BCUT2D eigenvalue weighted by molar-refractivity contribution is -0.137. The van der Waals surface area contributed by atoms with Crippen molar-refractivity contribution in [3.63, 3.8) is 0 Å². The van der Waals surface area contributed by atoms with E-state index in [0.717, 1.165) is 6.07 Å². The SMILES string of the molecule is CC(C)CCNc1cc2c(cc1C(F)(F)F)NC(=O)CC(c1cccc(-c3cccc(S(=O)(=O)NC(C)(C)C)c3)c1)=N2. The number of rotatable bonds is 8. The van der Waals surface area contributed by atoms with Gasteiger partial charge in [-0.05, 0) is 80.1 Å². The fraction of sp³-hybridized carbons (Fsp3) is 0.355. The fourth-order valence-electron chi connectivity index (χ4n) is 4.54. The number of carbonyl (C=O) groups is 1. The molecule has 1 aliphatic heterocycles. The summed E-state index contributed by atoms with van der Waals surface area (Å²) in [6.07, 6.45) is -4.10. The van der Waals surface area contributed by atoms with Crippen LogP contribution in [0.15, 0.2) is 70.6 Å². The van der Waals surface area contributed by atoms with Crippen LogP contribution >= 0.6 is 0 Å². The second kappa shape index (κ2) is 11.9. The molecule has 3 N–H and O–H groups in total. The van der Waals surface area contributed by atoms with Crippen LogP contribution in [-0.4, -0.2) is 32.1 Å². The average Bonchev–Trinajstić information content (AvgIpc) is 3.04. The number of anilines is 2. The summed E-state index contributed by atoms with van der Waals surface area (Å²) >= 11 is 0. The molecule has 1 aliphatic rings. The molecular weight excluding hydrogens is 565 g/mol. The lowest BCUT2D eigenvalue weighted by Gasteiger charge is -2.20. The molecule has 11 heteroatoms. The van der Waals surface area contributed by atoms with E-state index < -0.39 is 33.2 Å². The number of alkyl halides is 3. The Labute approximate surface area is 244 Å². The molecule has 7 nitrogen and oxygen atoms in total. The highest BCUT2D eigenvalue weighted by molar-refractivity contribution is 7.89. The van der Waals surface area contributed by atoms with Crippen LogP contribution in [-0.2, 0) is 21.0 Å². The smallest absolute Gasteiger partial charge is 0.384 e. The van der Waals surface area contributed by atoms with Gasteiger partial charge in [0.25, 0.3) is 0 Å². The van der Waals surface area contributed by atoms with Gasteiger partial charge in [0.15, 0.2) is 0 Å². The highest BCUT2D eigenvalue weighted by atomic mass is 32.2. The molecular formula is C31H35F3N4O3S. The maximum absolute atomic E-state index is 13.9. The number of amides is 1. The fourth-order valence-corrected chi connectivity index (χ4v) is 6.00. The van der Waals surface area contributed by atoms with Crippen molar-refractivity contribution in [2.45, 2.75) is 64.1 Å². The van der Waals surface area contributed by atoms with Gasteiger partial charge in [0, 0.05) is 17.8 Å². The first-order valence-corrected chi connectivity index (χ1v) is 15.1. The Morgan fingerprint density at radius 2 is 1.60 bits per heavy atom. The van der Waals surface area contributed by atoms with Gasteiger partial charge in [-0.3, -0.25) is 9.79 Å². The first-order valence-electron chi connectivity index (χ1n) is 13.6. The number of benzene rings is 3. The average molecular weight is 601 g/mol. The molecule has 0 unspecified atom stereocenters. The van der Waals surface area contributed by atoms with Crippen molar-refractivity contribution in [3.8, 4) is 11.1 Å². The molecule has 3 aromatic rings. The summed E-state index contributed by atoms with van der Waals surface area (Å²) in [6.45, 7) is 9.60. The van der Waals surface area contributed by atoms with Crippen molar-refractivity contribution in [2.75, 3.05) is 17.2 Å². The van der Waals surface area contributed by atoms with E-state index in [1.54, 1.807) is 57.2 Å². The lowest BCUT2D eigenvalue weighted by atomic mass is 9.99. The number of carbonyl (C=O) groups excluding carboxylic acids is 1. The number of nitrogens with zero attached hydrogens (tertiary/aromatic N) is 1. The highest BCUT2D eigenvalue weighted by Crippen LogP contribution is 2.42. The van der Waals surface area contributed by atoms with Gasteiger partial charge < -0.3 is 10.6 Å². The van der Waals surface area contributed by atoms with E-state index in [1.807, 2.05) is 19.9 Å². The molecule has 0 fully saturated rings.